The van der Waals surface area contributed by atoms with Crippen LogP contribution in [0.3, 0.4) is 0 Å². The van der Waals surface area contributed by atoms with Gasteiger partial charge in [-0.05, 0) is 60.7 Å². The molecule has 3 aromatic rings. The monoisotopic (exact) mass is 570 g/mol. The molecule has 6 nitrogen and oxygen atoms in total. The van der Waals surface area contributed by atoms with Gasteiger partial charge >= 0.3 is 0 Å². The van der Waals surface area contributed by atoms with Crippen LogP contribution in [0.4, 0.5) is 0 Å². The number of hydrogen-bond acceptors (Lipinski definition) is 4. The maximum Gasteiger partial charge on any atom is 0.243 e. The first-order valence-corrected chi connectivity index (χ1v) is 13.8. The minimum atomic E-state index is -0.714. The number of carbonyl (C=O) groups is 2. The number of aryl methyl sites for hydroxylation is 1. The lowest BCUT2D eigenvalue weighted by atomic mass is 10.0. The van der Waals surface area contributed by atoms with Crippen molar-refractivity contribution in [1.82, 2.24) is 10.2 Å². The van der Waals surface area contributed by atoms with E-state index in [1.807, 2.05) is 68.4 Å². The Morgan fingerprint density at radius 2 is 1.56 bits per heavy atom. The summed E-state index contributed by atoms with van der Waals surface area (Å²) in [5.41, 5.74) is 2.69. The summed E-state index contributed by atoms with van der Waals surface area (Å²) >= 11 is 12.4. The van der Waals surface area contributed by atoms with E-state index in [0.29, 0.717) is 34.4 Å². The zero-order chi connectivity index (χ0) is 28.4. The maximum atomic E-state index is 13.9. The summed E-state index contributed by atoms with van der Waals surface area (Å²) in [6, 6.07) is 19.9. The summed E-state index contributed by atoms with van der Waals surface area (Å²) in [7, 11) is 3.16. The van der Waals surface area contributed by atoms with Crippen LogP contribution >= 0.6 is 23.2 Å². The van der Waals surface area contributed by atoms with Crippen molar-refractivity contribution in [3.05, 3.63) is 93.5 Å². The second-order valence-corrected chi connectivity index (χ2v) is 10.3. The van der Waals surface area contributed by atoms with Gasteiger partial charge in [-0.2, -0.15) is 0 Å². The second kappa shape index (κ2) is 14.8. The van der Waals surface area contributed by atoms with E-state index < -0.39 is 6.04 Å². The molecule has 0 bridgehead atoms. The fourth-order valence-electron chi connectivity index (χ4n) is 4.26. The standard InChI is InChI=1S/C31H36Cl2N2O4/c1-5-21(2)34-31(37)27(18-22-9-7-6-8-10-22)35(20-24-11-14-25(32)26(33)17-24)30(36)16-13-23-12-15-28(38-3)29(19-23)39-4/h6-12,14-15,17,19,21,27H,5,13,16,18,20H2,1-4H3,(H,34,37)/t21-,27+/m0/s1. The third-order valence-electron chi connectivity index (χ3n) is 6.68. The number of benzene rings is 3. The summed E-state index contributed by atoms with van der Waals surface area (Å²) in [5.74, 6) is 0.896. The average Bonchev–Trinajstić information content (AvgIpc) is 2.95. The predicted octanol–water partition coefficient (Wildman–Crippen LogP) is 6.50. The molecule has 0 radical (unpaired) electrons. The minimum absolute atomic E-state index is 0.0236. The SMILES string of the molecule is CC[C@H](C)NC(=O)[C@@H](Cc1ccccc1)N(Cc1ccc(Cl)c(Cl)c1)C(=O)CCc1ccc(OC)c(OC)c1. The first-order valence-electron chi connectivity index (χ1n) is 13.0. The van der Waals surface area contributed by atoms with Gasteiger partial charge in [0.15, 0.2) is 11.5 Å². The average molecular weight is 572 g/mol. The molecule has 2 atom stereocenters. The van der Waals surface area contributed by atoms with Gasteiger partial charge in [-0.1, -0.05) is 72.6 Å². The number of rotatable bonds is 13. The largest absolute Gasteiger partial charge is 0.493 e. The van der Waals surface area contributed by atoms with Gasteiger partial charge in [0, 0.05) is 25.4 Å². The summed E-state index contributed by atoms with van der Waals surface area (Å²) in [4.78, 5) is 29.2. The molecule has 208 valence electrons. The van der Waals surface area contributed by atoms with Crippen molar-refractivity contribution in [2.24, 2.45) is 0 Å². The molecule has 0 saturated carbocycles. The summed E-state index contributed by atoms with van der Waals surface area (Å²) in [5, 5.41) is 3.91. The van der Waals surface area contributed by atoms with E-state index >= 15 is 0 Å². The Hall–Kier alpha value is -3.22. The first kappa shape index (κ1) is 30.3. The van der Waals surface area contributed by atoms with Crippen LogP contribution in [0.2, 0.25) is 10.0 Å². The molecule has 0 spiro atoms. The van der Waals surface area contributed by atoms with E-state index in [4.69, 9.17) is 32.7 Å². The highest BCUT2D eigenvalue weighted by atomic mass is 35.5. The normalized spacial score (nSPS) is 12.4. The van der Waals surface area contributed by atoms with Crippen molar-refractivity contribution in [3.8, 4) is 11.5 Å². The van der Waals surface area contributed by atoms with Crippen LogP contribution in [0.5, 0.6) is 11.5 Å². The van der Waals surface area contributed by atoms with E-state index in [2.05, 4.69) is 5.32 Å². The number of nitrogens with one attached hydrogen (secondary N) is 1. The molecule has 3 aromatic carbocycles. The van der Waals surface area contributed by atoms with Gasteiger partial charge in [0.2, 0.25) is 11.8 Å². The number of ether oxygens (including phenoxy) is 2. The lowest BCUT2D eigenvalue weighted by Gasteiger charge is -2.32. The van der Waals surface area contributed by atoms with Crippen LogP contribution in [0.25, 0.3) is 0 Å². The Balaban J connectivity index is 1.93. The van der Waals surface area contributed by atoms with Crippen LogP contribution < -0.4 is 14.8 Å². The Kier molecular flexibility index (Phi) is 11.5. The molecule has 3 rings (SSSR count). The highest BCUT2D eigenvalue weighted by molar-refractivity contribution is 6.42. The summed E-state index contributed by atoms with van der Waals surface area (Å²) in [6.07, 6.45) is 1.84. The Morgan fingerprint density at radius 3 is 2.21 bits per heavy atom. The summed E-state index contributed by atoms with van der Waals surface area (Å²) in [6.45, 7) is 4.19. The minimum Gasteiger partial charge on any atom is -0.493 e. The topological polar surface area (TPSA) is 67.9 Å². The van der Waals surface area contributed by atoms with E-state index in [9.17, 15) is 9.59 Å². The number of halogens is 2. The Bertz CT molecular complexity index is 1250. The molecule has 8 heteroatoms. The van der Waals surface area contributed by atoms with Gasteiger partial charge in [0.1, 0.15) is 6.04 Å². The smallest absolute Gasteiger partial charge is 0.243 e. The molecule has 1 N–H and O–H groups in total. The highest BCUT2D eigenvalue weighted by Gasteiger charge is 2.31. The van der Waals surface area contributed by atoms with Gasteiger partial charge < -0.3 is 19.7 Å². The maximum absolute atomic E-state index is 13.9. The van der Waals surface area contributed by atoms with Gasteiger partial charge in [0.25, 0.3) is 0 Å². The zero-order valence-corrected chi connectivity index (χ0v) is 24.4. The number of amides is 2. The molecule has 0 aliphatic carbocycles. The van der Waals surface area contributed by atoms with Gasteiger partial charge in [-0.3, -0.25) is 9.59 Å². The lowest BCUT2D eigenvalue weighted by molar-refractivity contribution is -0.141. The molecule has 0 heterocycles. The van der Waals surface area contributed by atoms with Crippen molar-refractivity contribution in [3.63, 3.8) is 0 Å². The molecule has 0 fully saturated rings. The zero-order valence-electron chi connectivity index (χ0n) is 22.9. The molecular formula is C31H36Cl2N2O4. The van der Waals surface area contributed by atoms with Crippen LogP contribution in [0.15, 0.2) is 66.7 Å². The molecule has 2 amide bonds. The third-order valence-corrected chi connectivity index (χ3v) is 7.42. The van der Waals surface area contributed by atoms with Crippen LogP contribution in [0, 0.1) is 0 Å². The molecule has 0 aromatic heterocycles. The first-order chi connectivity index (χ1) is 18.7. The fraction of sp³-hybridized carbons (Fsp3) is 0.355. The molecule has 0 aliphatic rings. The molecule has 0 unspecified atom stereocenters. The van der Waals surface area contributed by atoms with E-state index in [1.165, 1.54) is 0 Å². The van der Waals surface area contributed by atoms with Crippen LogP contribution in [-0.4, -0.2) is 43.0 Å². The van der Waals surface area contributed by atoms with Crippen molar-refractivity contribution >= 4 is 35.0 Å². The van der Waals surface area contributed by atoms with Crippen LogP contribution in [0.1, 0.15) is 43.4 Å². The highest BCUT2D eigenvalue weighted by Crippen LogP contribution is 2.29. The quantitative estimate of drug-likeness (QED) is 0.255. The molecular weight excluding hydrogens is 535 g/mol. The lowest BCUT2D eigenvalue weighted by Crippen LogP contribution is -2.52. The Morgan fingerprint density at radius 1 is 0.872 bits per heavy atom. The second-order valence-electron chi connectivity index (χ2n) is 9.48. The Labute approximate surface area is 241 Å². The van der Waals surface area contributed by atoms with Crippen molar-refractivity contribution < 1.29 is 19.1 Å². The van der Waals surface area contributed by atoms with E-state index in [-0.39, 0.29) is 30.8 Å². The molecule has 39 heavy (non-hydrogen) atoms. The van der Waals surface area contributed by atoms with Crippen molar-refractivity contribution in [2.45, 2.75) is 58.2 Å². The number of carbonyl (C=O) groups excluding carboxylic acids is 2. The summed E-state index contributed by atoms with van der Waals surface area (Å²) < 4.78 is 10.7. The van der Waals surface area contributed by atoms with Gasteiger partial charge in [0.05, 0.1) is 24.3 Å². The predicted molar refractivity (Wildman–Crippen MR) is 157 cm³/mol. The number of hydrogen-bond donors (Lipinski definition) is 1. The van der Waals surface area contributed by atoms with E-state index in [1.54, 1.807) is 31.3 Å². The van der Waals surface area contributed by atoms with Gasteiger partial charge in [-0.25, -0.2) is 0 Å². The van der Waals surface area contributed by atoms with Crippen LogP contribution in [-0.2, 0) is 29.0 Å². The van der Waals surface area contributed by atoms with Crippen molar-refractivity contribution in [2.75, 3.05) is 14.2 Å². The van der Waals surface area contributed by atoms with Gasteiger partial charge in [-0.15, -0.1) is 0 Å². The third kappa shape index (κ3) is 8.64. The number of methoxy groups -OCH3 is 2. The van der Waals surface area contributed by atoms with E-state index in [0.717, 1.165) is 23.1 Å². The molecule has 0 aliphatic heterocycles. The van der Waals surface area contributed by atoms with Crippen molar-refractivity contribution in [1.29, 1.82) is 0 Å². The molecule has 0 saturated heterocycles. The number of nitrogens with zero attached hydrogens (tertiary/aromatic N) is 1. The fourth-order valence-corrected chi connectivity index (χ4v) is 4.58.